The van der Waals surface area contributed by atoms with E-state index in [1.54, 1.807) is 0 Å². The standard InChI is InChI=1S/C15H21N3OS/c1-4-13-12-9-20-15(2,3)7-10(12)11(8-16)14(18-13)17-5-6-19/h19H,4-7,9H2,1-3H3,(H,17,18)/p+1. The Morgan fingerprint density at radius 3 is 2.80 bits per heavy atom. The summed E-state index contributed by atoms with van der Waals surface area (Å²) >= 11 is 1.95. The molecule has 4 nitrogen and oxygen atoms in total. The average molecular weight is 292 g/mol. The van der Waals surface area contributed by atoms with Crippen LogP contribution in [-0.4, -0.2) is 23.0 Å². The van der Waals surface area contributed by atoms with Gasteiger partial charge in [0.15, 0.2) is 0 Å². The number of anilines is 1. The number of rotatable bonds is 4. The van der Waals surface area contributed by atoms with Crippen molar-refractivity contribution in [3.63, 3.8) is 0 Å². The monoisotopic (exact) mass is 292 g/mol. The van der Waals surface area contributed by atoms with Gasteiger partial charge in [0.2, 0.25) is 0 Å². The Hall–Kier alpha value is -1.25. The summed E-state index contributed by atoms with van der Waals surface area (Å²) in [5, 5.41) is 21.6. The van der Waals surface area contributed by atoms with Crippen molar-refractivity contribution in [2.75, 3.05) is 18.5 Å². The molecular formula is C15H22N3OS+. The summed E-state index contributed by atoms with van der Waals surface area (Å²) in [6.07, 6.45) is 1.83. The fraction of sp³-hybridized carbons (Fsp3) is 0.600. The first-order valence-electron chi connectivity index (χ1n) is 7.01. The number of fused-ring (bicyclic) bond motifs is 1. The first-order valence-corrected chi connectivity index (χ1v) is 7.99. The number of nitriles is 1. The minimum absolute atomic E-state index is 0.0542. The van der Waals surface area contributed by atoms with Crippen molar-refractivity contribution in [1.82, 2.24) is 0 Å². The van der Waals surface area contributed by atoms with Crippen molar-refractivity contribution in [1.29, 1.82) is 5.26 Å². The topological polar surface area (TPSA) is 70.2 Å². The summed E-state index contributed by atoms with van der Waals surface area (Å²) < 4.78 is 0.166. The van der Waals surface area contributed by atoms with Crippen LogP contribution in [-0.2, 0) is 18.6 Å². The average Bonchev–Trinajstić information content (AvgIpc) is 2.42. The zero-order valence-electron chi connectivity index (χ0n) is 12.3. The van der Waals surface area contributed by atoms with E-state index in [0.717, 1.165) is 24.4 Å². The van der Waals surface area contributed by atoms with Crippen LogP contribution in [0.4, 0.5) is 5.82 Å². The van der Waals surface area contributed by atoms with Crippen molar-refractivity contribution in [3.05, 3.63) is 22.4 Å². The second-order valence-corrected chi connectivity index (χ2v) is 7.33. The predicted octanol–water partition coefficient (Wildman–Crippen LogP) is 1.91. The summed E-state index contributed by atoms with van der Waals surface area (Å²) in [7, 11) is 0. The van der Waals surface area contributed by atoms with Gasteiger partial charge >= 0.3 is 0 Å². The molecule has 0 spiro atoms. The molecule has 0 atom stereocenters. The number of aliphatic hydroxyl groups excluding tert-OH is 1. The maximum atomic E-state index is 9.53. The van der Waals surface area contributed by atoms with Crippen LogP contribution in [0.5, 0.6) is 0 Å². The van der Waals surface area contributed by atoms with Gasteiger partial charge in [-0.15, -0.1) is 0 Å². The fourth-order valence-electron chi connectivity index (χ4n) is 2.62. The zero-order chi connectivity index (χ0) is 14.8. The Kier molecular flexibility index (Phi) is 4.56. The number of aromatic nitrogens is 1. The van der Waals surface area contributed by atoms with Gasteiger partial charge in [-0.3, -0.25) is 5.32 Å². The van der Waals surface area contributed by atoms with Gasteiger partial charge in [-0.25, -0.2) is 4.98 Å². The zero-order valence-corrected chi connectivity index (χ0v) is 13.2. The van der Waals surface area contributed by atoms with Crippen molar-refractivity contribution < 1.29 is 10.1 Å². The molecule has 1 aliphatic heterocycles. The molecule has 20 heavy (non-hydrogen) atoms. The van der Waals surface area contributed by atoms with Crippen LogP contribution in [0.1, 0.15) is 43.2 Å². The quantitative estimate of drug-likeness (QED) is 0.889. The minimum Gasteiger partial charge on any atom is -0.392 e. The number of pyridine rings is 1. The molecule has 0 amide bonds. The highest BCUT2D eigenvalue weighted by Crippen LogP contribution is 2.40. The van der Waals surface area contributed by atoms with Crippen molar-refractivity contribution in [3.8, 4) is 6.07 Å². The van der Waals surface area contributed by atoms with E-state index < -0.39 is 0 Å². The number of aromatic amines is 1. The summed E-state index contributed by atoms with van der Waals surface area (Å²) in [6, 6.07) is 2.34. The summed E-state index contributed by atoms with van der Waals surface area (Å²) in [6.45, 7) is 7.08. The second-order valence-electron chi connectivity index (χ2n) is 5.65. The molecule has 0 radical (unpaired) electrons. The van der Waals surface area contributed by atoms with Crippen LogP contribution in [0, 0.1) is 11.3 Å². The summed E-state index contributed by atoms with van der Waals surface area (Å²) in [4.78, 5) is 3.35. The van der Waals surface area contributed by atoms with Crippen LogP contribution in [0.15, 0.2) is 0 Å². The maximum Gasteiger partial charge on any atom is 0.290 e. The normalized spacial score (nSPS) is 16.4. The largest absolute Gasteiger partial charge is 0.392 e. The van der Waals surface area contributed by atoms with Crippen molar-refractivity contribution in [2.45, 2.75) is 44.1 Å². The molecule has 2 heterocycles. The Balaban J connectivity index is 2.55. The maximum absolute atomic E-state index is 9.53. The Labute approximate surface area is 124 Å². The number of H-pyrrole nitrogens is 1. The van der Waals surface area contributed by atoms with Gasteiger partial charge in [0.05, 0.1) is 6.61 Å². The van der Waals surface area contributed by atoms with Crippen LogP contribution in [0.25, 0.3) is 0 Å². The van der Waals surface area contributed by atoms with Gasteiger partial charge in [0.1, 0.15) is 23.9 Å². The predicted molar refractivity (Wildman–Crippen MR) is 81.7 cm³/mol. The molecule has 0 saturated carbocycles. The molecule has 0 aromatic carbocycles. The van der Waals surface area contributed by atoms with E-state index in [0.29, 0.717) is 12.1 Å². The lowest BCUT2D eigenvalue weighted by Gasteiger charge is -2.31. The van der Waals surface area contributed by atoms with Crippen LogP contribution in [0.3, 0.4) is 0 Å². The number of nitrogens with one attached hydrogen (secondary N) is 2. The Morgan fingerprint density at radius 1 is 1.45 bits per heavy atom. The third-order valence-electron chi connectivity index (χ3n) is 3.64. The van der Waals surface area contributed by atoms with Gasteiger partial charge in [0, 0.05) is 22.5 Å². The van der Waals surface area contributed by atoms with Crippen LogP contribution < -0.4 is 10.3 Å². The lowest BCUT2D eigenvalue weighted by atomic mass is 9.92. The van der Waals surface area contributed by atoms with Crippen molar-refractivity contribution in [2.24, 2.45) is 0 Å². The van der Waals surface area contributed by atoms with E-state index >= 15 is 0 Å². The van der Waals surface area contributed by atoms with E-state index in [1.807, 2.05) is 11.8 Å². The molecule has 0 aliphatic carbocycles. The first kappa shape index (κ1) is 15.1. The molecular weight excluding hydrogens is 270 g/mol. The minimum atomic E-state index is 0.0542. The molecule has 1 aliphatic rings. The molecule has 0 bridgehead atoms. The molecule has 108 valence electrons. The number of hydrogen-bond donors (Lipinski definition) is 2. The first-order chi connectivity index (χ1) is 9.52. The van der Waals surface area contributed by atoms with Gasteiger partial charge < -0.3 is 5.11 Å². The van der Waals surface area contributed by atoms with Crippen molar-refractivity contribution >= 4 is 17.6 Å². The van der Waals surface area contributed by atoms with Gasteiger partial charge in [-0.2, -0.15) is 17.0 Å². The highest BCUT2D eigenvalue weighted by atomic mass is 32.2. The molecule has 0 fully saturated rings. The lowest BCUT2D eigenvalue weighted by Crippen LogP contribution is -2.31. The van der Waals surface area contributed by atoms with E-state index in [4.69, 9.17) is 5.11 Å². The fourth-order valence-corrected chi connectivity index (χ4v) is 3.75. The SMILES string of the molecule is CCc1[nH+]c(NCCO)c(C#N)c2c1CSC(C)(C)C2. The Bertz CT molecular complexity index is 549. The number of thioether (sulfide) groups is 1. The van der Waals surface area contributed by atoms with Gasteiger partial charge in [-0.1, -0.05) is 20.8 Å². The molecule has 0 saturated heterocycles. The third kappa shape index (κ3) is 2.92. The number of nitrogens with zero attached hydrogens (tertiary/aromatic N) is 1. The summed E-state index contributed by atoms with van der Waals surface area (Å²) in [5.74, 6) is 1.71. The molecule has 2 rings (SSSR count). The third-order valence-corrected chi connectivity index (χ3v) is 5.00. The Morgan fingerprint density at radius 2 is 2.20 bits per heavy atom. The second kappa shape index (κ2) is 6.02. The molecule has 1 aromatic rings. The molecule has 3 N–H and O–H groups in total. The lowest BCUT2D eigenvalue weighted by molar-refractivity contribution is -0.374. The van der Waals surface area contributed by atoms with E-state index in [1.165, 1.54) is 16.8 Å². The van der Waals surface area contributed by atoms with E-state index in [-0.39, 0.29) is 11.4 Å². The van der Waals surface area contributed by atoms with Gasteiger partial charge in [0.25, 0.3) is 5.82 Å². The molecule has 1 aromatic heterocycles. The summed E-state index contributed by atoms with van der Waals surface area (Å²) in [5.41, 5.74) is 4.37. The molecule has 0 unspecified atom stereocenters. The number of aliphatic hydroxyl groups is 1. The van der Waals surface area contributed by atoms with Crippen LogP contribution in [0.2, 0.25) is 0 Å². The number of hydrogen-bond acceptors (Lipinski definition) is 4. The van der Waals surface area contributed by atoms with Gasteiger partial charge in [-0.05, 0) is 12.0 Å². The van der Waals surface area contributed by atoms with E-state index in [9.17, 15) is 5.26 Å². The highest BCUT2D eigenvalue weighted by molar-refractivity contribution is 7.99. The van der Waals surface area contributed by atoms with E-state index in [2.05, 4.69) is 37.1 Å². The smallest absolute Gasteiger partial charge is 0.290 e. The van der Waals surface area contributed by atoms with Crippen LogP contribution >= 0.6 is 11.8 Å². The molecule has 5 heteroatoms. The number of aryl methyl sites for hydroxylation is 1. The highest BCUT2D eigenvalue weighted by Gasteiger charge is 2.32.